The Labute approximate surface area is 126 Å². The van der Waals surface area contributed by atoms with Crippen LogP contribution in [-0.4, -0.2) is 13.2 Å². The Morgan fingerprint density at radius 2 is 1.81 bits per heavy atom. The Balaban J connectivity index is 1.89. The quantitative estimate of drug-likeness (QED) is 0.789. The van der Waals surface area contributed by atoms with Gasteiger partial charge in [0.2, 0.25) is 0 Å². The fourth-order valence-electron chi connectivity index (χ4n) is 2.35. The normalized spacial score (nSPS) is 14.8. The largest absolute Gasteiger partial charge is 0.486 e. The molecule has 2 aromatic rings. The van der Waals surface area contributed by atoms with Gasteiger partial charge in [-0.05, 0) is 24.1 Å². The number of rotatable bonds is 3. The average molecular weight is 311 g/mol. The Kier molecular flexibility index (Phi) is 3.97. The van der Waals surface area contributed by atoms with Crippen molar-refractivity contribution in [2.24, 2.45) is 0 Å². The van der Waals surface area contributed by atoms with E-state index < -0.39 is 17.0 Å². The molecule has 1 aliphatic rings. The van der Waals surface area contributed by atoms with Gasteiger partial charge >= 0.3 is 0 Å². The van der Waals surface area contributed by atoms with Crippen LogP contribution in [0.2, 0.25) is 0 Å². The van der Waals surface area contributed by atoms with Gasteiger partial charge in [0, 0.05) is 5.56 Å². The summed E-state index contributed by atoms with van der Waals surface area (Å²) in [6, 6.07) is 9.49. The number of hydrogen-bond acceptors (Lipinski definition) is 2. The van der Waals surface area contributed by atoms with E-state index in [1.807, 2.05) is 6.07 Å². The van der Waals surface area contributed by atoms with E-state index in [0.717, 1.165) is 11.6 Å². The number of fused-ring (bicyclic) bond motifs is 1. The zero-order chi connectivity index (χ0) is 14.8. The van der Waals surface area contributed by atoms with Gasteiger partial charge in [-0.1, -0.05) is 24.3 Å². The first-order valence-corrected chi connectivity index (χ1v) is 7.06. The molecule has 0 bridgehead atoms. The summed E-state index contributed by atoms with van der Waals surface area (Å²) in [6.07, 6.45) is 0.172. The van der Waals surface area contributed by atoms with Gasteiger partial charge in [0.1, 0.15) is 13.2 Å². The second-order valence-electron chi connectivity index (χ2n) is 4.76. The van der Waals surface area contributed by atoms with E-state index in [9.17, 15) is 8.78 Å². The lowest BCUT2D eigenvalue weighted by Gasteiger charge is -2.23. The molecule has 2 nitrogen and oxygen atoms in total. The third kappa shape index (κ3) is 2.81. The first-order chi connectivity index (χ1) is 10.2. The van der Waals surface area contributed by atoms with Crippen molar-refractivity contribution in [1.82, 2.24) is 0 Å². The summed E-state index contributed by atoms with van der Waals surface area (Å²) in [5.41, 5.74) is 0.960. The molecular formula is C16H13ClF2O2. The first-order valence-electron chi connectivity index (χ1n) is 6.62. The number of ether oxygens (including phenoxy) is 2. The van der Waals surface area contributed by atoms with Crippen molar-refractivity contribution in [1.29, 1.82) is 0 Å². The fraction of sp³-hybridized carbons (Fsp3) is 0.250. The maximum atomic E-state index is 13.7. The zero-order valence-electron chi connectivity index (χ0n) is 11.1. The van der Waals surface area contributed by atoms with Gasteiger partial charge in [-0.25, -0.2) is 8.78 Å². The highest BCUT2D eigenvalue weighted by Gasteiger charge is 2.22. The smallest absolute Gasteiger partial charge is 0.166 e. The summed E-state index contributed by atoms with van der Waals surface area (Å²) < 4.78 is 38.0. The summed E-state index contributed by atoms with van der Waals surface area (Å²) >= 11 is 6.38. The first kappa shape index (κ1) is 14.1. The fourth-order valence-corrected chi connectivity index (χ4v) is 2.69. The monoisotopic (exact) mass is 310 g/mol. The highest BCUT2D eigenvalue weighted by molar-refractivity contribution is 6.21. The molecule has 5 heteroatoms. The van der Waals surface area contributed by atoms with Crippen molar-refractivity contribution in [3.63, 3.8) is 0 Å². The summed E-state index contributed by atoms with van der Waals surface area (Å²) in [5.74, 6) is -0.513. The van der Waals surface area contributed by atoms with Gasteiger partial charge in [-0.15, -0.1) is 11.6 Å². The molecule has 0 spiro atoms. The molecule has 21 heavy (non-hydrogen) atoms. The highest BCUT2D eigenvalue weighted by atomic mass is 35.5. The molecule has 3 rings (SSSR count). The number of benzene rings is 2. The van der Waals surface area contributed by atoms with Crippen LogP contribution in [0.25, 0.3) is 0 Å². The Bertz CT molecular complexity index is 661. The van der Waals surface area contributed by atoms with Crippen LogP contribution in [0.15, 0.2) is 36.4 Å². The minimum Gasteiger partial charge on any atom is -0.486 e. The van der Waals surface area contributed by atoms with E-state index in [0.29, 0.717) is 24.7 Å². The van der Waals surface area contributed by atoms with E-state index in [1.165, 1.54) is 12.1 Å². The van der Waals surface area contributed by atoms with E-state index in [1.54, 1.807) is 12.1 Å². The lowest BCUT2D eigenvalue weighted by atomic mass is 10.0. The van der Waals surface area contributed by atoms with Crippen LogP contribution < -0.4 is 9.47 Å². The summed E-state index contributed by atoms with van der Waals surface area (Å²) in [7, 11) is 0. The second kappa shape index (κ2) is 5.90. The molecule has 0 saturated carbocycles. The maximum Gasteiger partial charge on any atom is 0.166 e. The van der Waals surface area contributed by atoms with Gasteiger partial charge in [-0.2, -0.15) is 0 Å². The molecule has 1 atom stereocenters. The summed E-state index contributed by atoms with van der Waals surface area (Å²) in [4.78, 5) is 0. The molecule has 1 aliphatic heterocycles. The van der Waals surface area contributed by atoms with Crippen LogP contribution >= 0.6 is 11.6 Å². The van der Waals surface area contributed by atoms with Crippen LogP contribution in [0.3, 0.4) is 0 Å². The summed E-state index contributed by atoms with van der Waals surface area (Å²) in [5, 5.41) is -0.530. The number of halogens is 3. The molecule has 0 amide bonds. The molecule has 0 aliphatic carbocycles. The minimum atomic E-state index is -0.869. The van der Waals surface area contributed by atoms with Gasteiger partial charge < -0.3 is 9.47 Å². The molecular weight excluding hydrogens is 298 g/mol. The number of hydrogen-bond donors (Lipinski definition) is 0. The van der Waals surface area contributed by atoms with Crippen LogP contribution in [0.5, 0.6) is 11.5 Å². The summed E-state index contributed by atoms with van der Waals surface area (Å²) in [6.45, 7) is 0.934. The molecule has 0 saturated heterocycles. The van der Waals surface area contributed by atoms with Gasteiger partial charge in [-0.3, -0.25) is 0 Å². The Hall–Kier alpha value is -1.81. The van der Waals surface area contributed by atoms with Crippen molar-refractivity contribution in [2.75, 3.05) is 13.2 Å². The van der Waals surface area contributed by atoms with Gasteiger partial charge in [0.15, 0.2) is 23.1 Å². The van der Waals surface area contributed by atoms with Gasteiger partial charge in [0.05, 0.1) is 5.38 Å². The third-order valence-corrected chi connectivity index (χ3v) is 3.75. The molecule has 0 N–H and O–H groups in total. The lowest BCUT2D eigenvalue weighted by molar-refractivity contribution is 0.170. The molecule has 1 unspecified atom stereocenters. The predicted molar refractivity (Wildman–Crippen MR) is 76.1 cm³/mol. The van der Waals surface area contributed by atoms with Crippen molar-refractivity contribution in [2.45, 2.75) is 11.8 Å². The van der Waals surface area contributed by atoms with Crippen molar-refractivity contribution in [3.05, 3.63) is 59.2 Å². The molecule has 1 heterocycles. The number of alkyl halides is 1. The zero-order valence-corrected chi connectivity index (χ0v) is 11.9. The molecule has 0 fully saturated rings. The molecule has 0 aromatic heterocycles. The van der Waals surface area contributed by atoms with Crippen LogP contribution in [0.4, 0.5) is 8.78 Å². The van der Waals surface area contributed by atoms with Crippen LogP contribution in [-0.2, 0) is 6.42 Å². The van der Waals surface area contributed by atoms with Crippen molar-refractivity contribution < 1.29 is 18.3 Å². The number of para-hydroxylation sites is 1. The van der Waals surface area contributed by atoms with E-state index in [2.05, 4.69) is 0 Å². The third-order valence-electron chi connectivity index (χ3n) is 3.36. The van der Waals surface area contributed by atoms with E-state index in [-0.39, 0.29) is 12.0 Å². The minimum absolute atomic E-state index is 0.172. The molecule has 110 valence electrons. The standard InChI is InChI=1S/C16H13ClF2O2/c17-12(9-10-3-1-5-13(18)15(10)19)11-4-2-6-14-16(11)21-8-7-20-14/h1-6,12H,7-9H2. The highest BCUT2D eigenvalue weighted by Crippen LogP contribution is 2.40. The van der Waals surface area contributed by atoms with E-state index >= 15 is 0 Å². The van der Waals surface area contributed by atoms with Crippen LogP contribution in [0.1, 0.15) is 16.5 Å². The van der Waals surface area contributed by atoms with Crippen molar-refractivity contribution >= 4 is 11.6 Å². The maximum absolute atomic E-state index is 13.7. The molecule has 0 radical (unpaired) electrons. The average Bonchev–Trinajstić information content (AvgIpc) is 2.51. The lowest BCUT2D eigenvalue weighted by Crippen LogP contribution is -2.17. The second-order valence-corrected chi connectivity index (χ2v) is 5.28. The van der Waals surface area contributed by atoms with Crippen LogP contribution in [0, 0.1) is 11.6 Å². The topological polar surface area (TPSA) is 18.5 Å². The Morgan fingerprint density at radius 3 is 2.67 bits per heavy atom. The SMILES string of the molecule is Fc1cccc(CC(Cl)c2cccc3c2OCCO3)c1F. The predicted octanol–water partition coefficient (Wildman–Crippen LogP) is 4.26. The van der Waals surface area contributed by atoms with Crippen molar-refractivity contribution in [3.8, 4) is 11.5 Å². The Morgan fingerprint density at radius 1 is 1.05 bits per heavy atom. The van der Waals surface area contributed by atoms with E-state index in [4.69, 9.17) is 21.1 Å². The van der Waals surface area contributed by atoms with Gasteiger partial charge in [0.25, 0.3) is 0 Å². The molecule has 2 aromatic carbocycles.